The van der Waals surface area contributed by atoms with E-state index in [9.17, 15) is 4.79 Å². The van der Waals surface area contributed by atoms with E-state index in [-0.39, 0.29) is 5.91 Å². The highest BCUT2D eigenvalue weighted by molar-refractivity contribution is 7.99. The van der Waals surface area contributed by atoms with Gasteiger partial charge in [-0.2, -0.15) is 0 Å². The van der Waals surface area contributed by atoms with Gasteiger partial charge in [0.2, 0.25) is 5.91 Å². The Morgan fingerprint density at radius 2 is 1.49 bits per heavy atom. The molecule has 1 aromatic heterocycles. The first-order valence-corrected chi connectivity index (χ1v) is 12.0. The lowest BCUT2D eigenvalue weighted by Crippen LogP contribution is -2.12. The Kier molecular flexibility index (Phi) is 7.95. The summed E-state index contributed by atoms with van der Waals surface area (Å²) in [5.41, 5.74) is 4.35. The Bertz CT molecular complexity index is 1210. The molecule has 0 saturated heterocycles. The van der Waals surface area contributed by atoms with E-state index in [4.69, 9.17) is 19.2 Å². The van der Waals surface area contributed by atoms with E-state index < -0.39 is 0 Å². The molecule has 7 nitrogen and oxygen atoms in total. The van der Waals surface area contributed by atoms with Crippen molar-refractivity contribution in [1.29, 1.82) is 0 Å². The molecule has 0 aliphatic carbocycles. The van der Waals surface area contributed by atoms with Gasteiger partial charge in [-0.15, -0.1) is 0 Å². The van der Waals surface area contributed by atoms with Gasteiger partial charge in [-0.1, -0.05) is 23.9 Å². The second kappa shape index (κ2) is 11.5. The van der Waals surface area contributed by atoms with Crippen LogP contribution in [0.3, 0.4) is 0 Å². The molecule has 3 aromatic carbocycles. The Balaban J connectivity index is 1.50. The molecule has 2 N–H and O–H groups in total. The summed E-state index contributed by atoms with van der Waals surface area (Å²) < 4.78 is 15.9. The van der Waals surface area contributed by atoms with Crippen LogP contribution in [0.5, 0.6) is 17.2 Å². The van der Waals surface area contributed by atoms with Crippen LogP contribution in [0, 0.1) is 0 Å². The average molecular weight is 490 g/mol. The van der Waals surface area contributed by atoms with E-state index in [1.54, 1.807) is 21.3 Å². The fourth-order valence-corrected chi connectivity index (χ4v) is 4.36. The number of hydrogen-bond donors (Lipinski definition) is 2. The Morgan fingerprint density at radius 1 is 0.857 bits per heavy atom. The van der Waals surface area contributed by atoms with Crippen molar-refractivity contribution in [1.82, 2.24) is 9.97 Å². The number of hydrogen-bond acceptors (Lipinski definition) is 6. The fraction of sp³-hybridized carbons (Fsp3) is 0.185. The van der Waals surface area contributed by atoms with Gasteiger partial charge in [0, 0.05) is 23.3 Å². The second-order valence-electron chi connectivity index (χ2n) is 7.57. The number of nitrogens with zero attached hydrogens (tertiary/aromatic N) is 1. The van der Waals surface area contributed by atoms with Crippen LogP contribution in [0.4, 0.5) is 5.69 Å². The minimum absolute atomic E-state index is 0.0840. The summed E-state index contributed by atoms with van der Waals surface area (Å²) in [6.07, 6.45) is 0.332. The summed E-state index contributed by atoms with van der Waals surface area (Å²) in [5, 5.41) is 3.65. The Labute approximate surface area is 208 Å². The number of ether oxygens (including phenoxy) is 3. The van der Waals surface area contributed by atoms with E-state index in [1.807, 2.05) is 72.8 Å². The summed E-state index contributed by atoms with van der Waals surface area (Å²) in [5.74, 6) is 2.69. The number of H-pyrrole nitrogens is 1. The molecule has 4 rings (SSSR count). The van der Waals surface area contributed by atoms with E-state index in [0.717, 1.165) is 39.2 Å². The third-order valence-corrected chi connectivity index (χ3v) is 6.25. The highest BCUT2D eigenvalue weighted by Crippen LogP contribution is 2.34. The van der Waals surface area contributed by atoms with Crippen molar-refractivity contribution in [3.05, 3.63) is 72.8 Å². The van der Waals surface area contributed by atoms with Crippen LogP contribution in [0.2, 0.25) is 0 Å². The summed E-state index contributed by atoms with van der Waals surface area (Å²) in [4.78, 5) is 20.8. The second-order valence-corrected chi connectivity index (χ2v) is 8.65. The van der Waals surface area contributed by atoms with Gasteiger partial charge >= 0.3 is 0 Å². The van der Waals surface area contributed by atoms with Crippen molar-refractivity contribution in [3.63, 3.8) is 0 Å². The third kappa shape index (κ3) is 5.96. The van der Waals surface area contributed by atoms with Gasteiger partial charge in [0.15, 0.2) is 5.16 Å². The average Bonchev–Trinajstić information content (AvgIpc) is 3.33. The molecule has 0 aliphatic rings. The number of thioether (sulfide) groups is 1. The summed E-state index contributed by atoms with van der Waals surface area (Å²) >= 11 is 1.50. The van der Waals surface area contributed by atoms with Crippen LogP contribution in [-0.4, -0.2) is 43.0 Å². The predicted molar refractivity (Wildman–Crippen MR) is 140 cm³/mol. The monoisotopic (exact) mass is 489 g/mol. The number of benzene rings is 3. The minimum atomic E-state index is -0.0840. The van der Waals surface area contributed by atoms with E-state index in [2.05, 4.69) is 10.3 Å². The summed E-state index contributed by atoms with van der Waals surface area (Å²) in [6, 6.07) is 23.0. The molecular formula is C27H27N3O4S. The van der Waals surface area contributed by atoms with Crippen molar-refractivity contribution < 1.29 is 19.0 Å². The van der Waals surface area contributed by atoms with Crippen LogP contribution >= 0.6 is 11.8 Å². The number of carbonyl (C=O) groups excluding carboxylic acids is 1. The highest BCUT2D eigenvalue weighted by Gasteiger charge is 2.16. The van der Waals surface area contributed by atoms with Crippen molar-refractivity contribution >= 4 is 23.4 Å². The largest absolute Gasteiger partial charge is 0.497 e. The molecule has 0 aliphatic heterocycles. The number of anilines is 1. The molecule has 0 atom stereocenters. The van der Waals surface area contributed by atoms with Gasteiger partial charge in [-0.25, -0.2) is 4.98 Å². The van der Waals surface area contributed by atoms with Crippen molar-refractivity contribution in [2.75, 3.05) is 32.4 Å². The van der Waals surface area contributed by atoms with Gasteiger partial charge in [-0.3, -0.25) is 4.79 Å². The highest BCUT2D eigenvalue weighted by atomic mass is 32.2. The van der Waals surface area contributed by atoms with Crippen molar-refractivity contribution in [2.45, 2.75) is 11.6 Å². The van der Waals surface area contributed by atoms with Gasteiger partial charge < -0.3 is 24.5 Å². The molecule has 4 aromatic rings. The molecule has 0 fully saturated rings. The number of nitrogens with one attached hydrogen (secondary N) is 2. The minimum Gasteiger partial charge on any atom is -0.497 e. The van der Waals surface area contributed by atoms with Crippen LogP contribution in [0.15, 0.2) is 78.0 Å². The lowest BCUT2D eigenvalue weighted by Gasteiger charge is -2.09. The Morgan fingerprint density at radius 3 is 2.11 bits per heavy atom. The maximum atomic E-state index is 12.5. The molecule has 0 unspecified atom stereocenters. The number of aromatic nitrogens is 2. The molecule has 180 valence electrons. The molecule has 1 heterocycles. The SMILES string of the molecule is COc1ccc(-c2nc(SCCC(=O)Nc3ccccc3OC)[nH]c2-c2ccc(OC)cc2)cc1. The van der Waals surface area contributed by atoms with Gasteiger partial charge in [0.1, 0.15) is 17.2 Å². The number of imidazole rings is 1. The molecular weight excluding hydrogens is 462 g/mol. The smallest absolute Gasteiger partial charge is 0.225 e. The first kappa shape index (κ1) is 24.2. The lowest BCUT2D eigenvalue weighted by atomic mass is 10.0. The molecule has 0 radical (unpaired) electrons. The van der Waals surface area contributed by atoms with Gasteiger partial charge in [0.05, 0.1) is 38.4 Å². The standard InChI is InChI=1S/C27H27N3O4S/c1-32-20-12-8-18(9-13-20)25-26(19-10-14-21(33-2)15-11-19)30-27(29-25)35-17-16-24(31)28-22-6-4-5-7-23(22)34-3/h4-15H,16-17H2,1-3H3,(H,28,31)(H,29,30). The van der Waals surface area contributed by atoms with Gasteiger partial charge in [0.25, 0.3) is 0 Å². The number of para-hydroxylation sites is 2. The molecule has 8 heteroatoms. The van der Waals surface area contributed by atoms with Crippen LogP contribution < -0.4 is 19.5 Å². The van der Waals surface area contributed by atoms with E-state index in [0.29, 0.717) is 23.6 Å². The fourth-order valence-electron chi connectivity index (χ4n) is 3.55. The number of carbonyl (C=O) groups is 1. The first-order valence-electron chi connectivity index (χ1n) is 11.1. The zero-order valence-electron chi connectivity index (χ0n) is 19.8. The number of aromatic amines is 1. The maximum Gasteiger partial charge on any atom is 0.225 e. The Hall–Kier alpha value is -3.91. The zero-order chi connectivity index (χ0) is 24.6. The van der Waals surface area contributed by atoms with Crippen LogP contribution in [0.1, 0.15) is 6.42 Å². The zero-order valence-corrected chi connectivity index (χ0v) is 20.6. The van der Waals surface area contributed by atoms with E-state index >= 15 is 0 Å². The molecule has 35 heavy (non-hydrogen) atoms. The normalized spacial score (nSPS) is 10.6. The van der Waals surface area contributed by atoms with Crippen molar-refractivity contribution in [3.8, 4) is 39.8 Å². The van der Waals surface area contributed by atoms with Gasteiger partial charge in [-0.05, 0) is 60.7 Å². The maximum absolute atomic E-state index is 12.5. The molecule has 1 amide bonds. The quantitative estimate of drug-likeness (QED) is 0.270. The predicted octanol–water partition coefficient (Wildman–Crippen LogP) is 5.89. The first-order chi connectivity index (χ1) is 17.1. The molecule has 0 bridgehead atoms. The molecule has 0 saturated carbocycles. The number of methoxy groups -OCH3 is 3. The van der Waals surface area contributed by atoms with Crippen molar-refractivity contribution in [2.24, 2.45) is 0 Å². The number of amides is 1. The van der Waals surface area contributed by atoms with Crippen LogP contribution in [-0.2, 0) is 4.79 Å². The van der Waals surface area contributed by atoms with Crippen LogP contribution in [0.25, 0.3) is 22.5 Å². The third-order valence-electron chi connectivity index (χ3n) is 5.37. The molecule has 0 spiro atoms. The van der Waals surface area contributed by atoms with E-state index in [1.165, 1.54) is 11.8 Å². The lowest BCUT2D eigenvalue weighted by molar-refractivity contribution is -0.115. The summed E-state index contributed by atoms with van der Waals surface area (Å²) in [6.45, 7) is 0. The topological polar surface area (TPSA) is 85.5 Å². The summed E-state index contributed by atoms with van der Waals surface area (Å²) in [7, 11) is 4.87. The number of rotatable bonds is 10.